The standard InChI is InChI=1S/2C24H30N4O6S/c2*1-16-12-28(35(3,30)31)8-7-27(16)13-18-10-20-23(34-18)21(14-26(2)24(20)29)19-4-6-25-11-22(19)33-17-5-9-32-15-17/h2*4,6,10-11,14,16-17H,5,7-9,12-13,15H2,1-3H3/t16-,17+;16-,17-/m11/s1. The van der Waals surface area contributed by atoms with E-state index in [2.05, 4.69) is 19.8 Å². The number of nitrogens with zero attached hydrogens (tertiary/aromatic N) is 8. The van der Waals surface area contributed by atoms with Crippen molar-refractivity contribution in [2.75, 3.05) is 78.2 Å². The molecule has 0 bridgehead atoms. The third-order valence-electron chi connectivity index (χ3n) is 13.4. The lowest BCUT2D eigenvalue weighted by Gasteiger charge is -2.38. The first kappa shape index (κ1) is 49.5. The van der Waals surface area contributed by atoms with E-state index in [4.69, 9.17) is 27.8 Å². The second kappa shape index (κ2) is 20.3. The number of pyridine rings is 4. The van der Waals surface area contributed by atoms with Crippen LogP contribution in [0, 0.1) is 0 Å². The van der Waals surface area contributed by atoms with Gasteiger partial charge < -0.3 is 36.9 Å². The monoisotopic (exact) mass is 1000 g/mol. The van der Waals surface area contributed by atoms with E-state index in [-0.39, 0.29) is 35.4 Å². The largest absolute Gasteiger partial charge is 0.486 e. The van der Waals surface area contributed by atoms with E-state index in [1.54, 1.807) is 72.5 Å². The molecule has 0 unspecified atom stereocenters. The summed E-state index contributed by atoms with van der Waals surface area (Å²) in [5.74, 6) is 2.55. The predicted molar refractivity (Wildman–Crippen MR) is 262 cm³/mol. The minimum Gasteiger partial charge on any atom is -0.486 e. The third kappa shape index (κ3) is 10.7. The molecular formula is C48H60N8O12S2. The number of aryl methyl sites for hydroxylation is 2. The summed E-state index contributed by atoms with van der Waals surface area (Å²) in [5.41, 5.74) is 3.81. The SMILES string of the molecule is C[C@@H]1CN(S(C)(=O)=O)CCN1Cc1cc2c(=O)n(C)cc(-c3ccncc3O[C@@H]3CCOC3)c2o1.C[C@@H]1CN(S(C)(=O)=O)CCN1Cc1cc2c(=O)n(C)cc(-c3ccncc3O[C@H]3CCOC3)c2o1. The molecule has 0 saturated carbocycles. The van der Waals surface area contributed by atoms with Gasteiger partial charge in [0.15, 0.2) is 0 Å². The van der Waals surface area contributed by atoms with Crippen molar-refractivity contribution < 1.29 is 44.6 Å². The van der Waals surface area contributed by atoms with Crippen LogP contribution in [0.4, 0.5) is 0 Å². The van der Waals surface area contributed by atoms with Gasteiger partial charge >= 0.3 is 0 Å². The highest BCUT2D eigenvalue weighted by Gasteiger charge is 2.32. The Morgan fingerprint density at radius 1 is 0.629 bits per heavy atom. The van der Waals surface area contributed by atoms with Crippen LogP contribution < -0.4 is 20.6 Å². The first-order valence-electron chi connectivity index (χ1n) is 23.4. The quantitative estimate of drug-likeness (QED) is 0.171. The minimum absolute atomic E-state index is 0.0165. The Hall–Kier alpha value is -5.46. The van der Waals surface area contributed by atoms with Crippen molar-refractivity contribution in [3.63, 3.8) is 0 Å². The lowest BCUT2D eigenvalue weighted by atomic mass is 10.1. The predicted octanol–water partition coefficient (Wildman–Crippen LogP) is 3.65. The molecule has 10 heterocycles. The van der Waals surface area contributed by atoms with Gasteiger partial charge in [-0.2, -0.15) is 8.61 Å². The zero-order valence-corrected chi connectivity index (χ0v) is 41.9. The summed E-state index contributed by atoms with van der Waals surface area (Å²) < 4.78 is 89.6. The van der Waals surface area contributed by atoms with Gasteiger partial charge in [-0.05, 0) is 38.1 Å². The van der Waals surface area contributed by atoms with Gasteiger partial charge in [0.1, 0.15) is 46.4 Å². The van der Waals surface area contributed by atoms with Crippen molar-refractivity contribution in [2.24, 2.45) is 14.1 Å². The molecule has 0 amide bonds. The van der Waals surface area contributed by atoms with E-state index in [1.165, 1.54) is 21.1 Å². The lowest BCUT2D eigenvalue weighted by molar-refractivity contribution is 0.115. The Morgan fingerprint density at radius 2 is 1.04 bits per heavy atom. The van der Waals surface area contributed by atoms with Crippen molar-refractivity contribution in [3.8, 4) is 33.8 Å². The van der Waals surface area contributed by atoms with Crippen LogP contribution in [0.15, 0.2) is 79.9 Å². The lowest BCUT2D eigenvalue weighted by Crippen LogP contribution is -2.52. The molecule has 70 heavy (non-hydrogen) atoms. The van der Waals surface area contributed by atoms with Crippen molar-refractivity contribution in [3.05, 3.63) is 93.7 Å². The second-order valence-corrected chi connectivity index (χ2v) is 22.6. The van der Waals surface area contributed by atoms with Gasteiger partial charge in [0.2, 0.25) is 20.0 Å². The summed E-state index contributed by atoms with van der Waals surface area (Å²) in [6.45, 7) is 10.2. The Kier molecular flexibility index (Phi) is 14.4. The number of fused-ring (bicyclic) bond motifs is 2. The summed E-state index contributed by atoms with van der Waals surface area (Å²) in [4.78, 5) is 38.7. The maximum atomic E-state index is 13.0. The molecule has 20 nitrogen and oxygen atoms in total. The third-order valence-corrected chi connectivity index (χ3v) is 16.0. The topological polar surface area (TPSA) is 214 Å². The molecule has 6 aromatic heterocycles. The van der Waals surface area contributed by atoms with Gasteiger partial charge in [-0.15, -0.1) is 0 Å². The molecule has 4 atom stereocenters. The highest BCUT2D eigenvalue weighted by molar-refractivity contribution is 7.88. The molecule has 0 spiro atoms. The van der Waals surface area contributed by atoms with Gasteiger partial charge in [-0.25, -0.2) is 16.8 Å². The number of rotatable bonds is 12. The number of piperazine rings is 2. The summed E-state index contributed by atoms with van der Waals surface area (Å²) in [5, 5.41) is 0.990. The highest BCUT2D eigenvalue weighted by Crippen LogP contribution is 2.38. The molecule has 4 saturated heterocycles. The molecule has 10 rings (SSSR count). The first-order chi connectivity index (χ1) is 33.4. The Bertz CT molecular complexity index is 3000. The van der Waals surface area contributed by atoms with Crippen LogP contribution in [-0.4, -0.2) is 157 Å². The minimum atomic E-state index is -3.22. The molecule has 4 aliphatic heterocycles. The summed E-state index contributed by atoms with van der Waals surface area (Å²) in [6, 6.07) is 7.34. The zero-order valence-electron chi connectivity index (χ0n) is 40.3. The average molecular weight is 1010 g/mol. The first-order valence-corrected chi connectivity index (χ1v) is 27.1. The van der Waals surface area contributed by atoms with E-state index in [0.29, 0.717) is 124 Å². The zero-order chi connectivity index (χ0) is 49.5. The van der Waals surface area contributed by atoms with Crippen molar-refractivity contribution in [1.29, 1.82) is 0 Å². The molecule has 0 aliphatic carbocycles. The number of aromatic nitrogens is 4. The Labute approximate surface area is 406 Å². The number of sulfonamides is 2. The second-order valence-electron chi connectivity index (χ2n) is 18.7. The van der Waals surface area contributed by atoms with Gasteiger partial charge in [-0.3, -0.25) is 29.4 Å². The van der Waals surface area contributed by atoms with Crippen LogP contribution in [0.1, 0.15) is 38.2 Å². The van der Waals surface area contributed by atoms with Crippen molar-refractivity contribution in [1.82, 2.24) is 37.5 Å². The van der Waals surface area contributed by atoms with Crippen LogP contribution in [0.3, 0.4) is 0 Å². The van der Waals surface area contributed by atoms with Gasteiger partial charge in [0, 0.05) is 125 Å². The fraction of sp³-hybridized carbons (Fsp3) is 0.500. The van der Waals surface area contributed by atoms with E-state index < -0.39 is 20.0 Å². The highest BCUT2D eigenvalue weighted by atomic mass is 32.2. The molecule has 4 aliphatic rings. The molecule has 0 aromatic carbocycles. The van der Waals surface area contributed by atoms with Gasteiger partial charge in [-0.1, -0.05) is 0 Å². The summed E-state index contributed by atoms with van der Waals surface area (Å²) in [6.07, 6.45) is 14.3. The molecule has 4 fully saturated rings. The van der Waals surface area contributed by atoms with E-state index >= 15 is 0 Å². The van der Waals surface area contributed by atoms with Crippen LogP contribution >= 0.6 is 0 Å². The number of furan rings is 2. The molecular weight excluding hydrogens is 945 g/mol. The fourth-order valence-corrected chi connectivity index (χ4v) is 11.3. The Balaban J connectivity index is 0.000000174. The average Bonchev–Trinajstić information content (AvgIpc) is 4.17. The van der Waals surface area contributed by atoms with E-state index in [1.807, 2.05) is 26.0 Å². The number of ether oxygens (including phenoxy) is 4. The van der Waals surface area contributed by atoms with Gasteiger partial charge in [0.25, 0.3) is 11.1 Å². The van der Waals surface area contributed by atoms with Gasteiger partial charge in [0.05, 0.1) is 75.2 Å². The van der Waals surface area contributed by atoms with Crippen LogP contribution in [-0.2, 0) is 56.7 Å². The number of hydrogen-bond donors (Lipinski definition) is 0. The van der Waals surface area contributed by atoms with Crippen LogP contribution in [0.2, 0.25) is 0 Å². The summed E-state index contributed by atoms with van der Waals surface area (Å²) >= 11 is 0. The smallest absolute Gasteiger partial charge is 0.261 e. The molecule has 0 radical (unpaired) electrons. The molecule has 0 N–H and O–H groups in total. The van der Waals surface area contributed by atoms with Crippen LogP contribution in [0.25, 0.3) is 44.2 Å². The van der Waals surface area contributed by atoms with E-state index in [9.17, 15) is 26.4 Å². The van der Waals surface area contributed by atoms with Crippen molar-refractivity contribution >= 4 is 42.0 Å². The maximum absolute atomic E-state index is 13.0. The maximum Gasteiger partial charge on any atom is 0.261 e. The molecule has 22 heteroatoms. The fourth-order valence-electron chi connectivity index (χ4n) is 9.50. The normalized spacial score (nSPS) is 22.1. The Morgan fingerprint density at radius 3 is 1.40 bits per heavy atom. The van der Waals surface area contributed by atoms with Crippen molar-refractivity contribution in [2.45, 2.75) is 64.1 Å². The summed E-state index contributed by atoms with van der Waals surface area (Å²) in [7, 11) is -3.00. The molecule has 376 valence electrons. The number of hydrogen-bond acceptors (Lipinski definition) is 16. The molecule has 6 aromatic rings. The van der Waals surface area contributed by atoms with Crippen LogP contribution in [0.5, 0.6) is 11.5 Å². The van der Waals surface area contributed by atoms with E-state index in [0.717, 1.165) is 35.1 Å².